The zero-order valence-corrected chi connectivity index (χ0v) is 12.0. The molecule has 1 unspecified atom stereocenters. The Morgan fingerprint density at radius 3 is 3.14 bits per heavy atom. The maximum atomic E-state index is 12.3. The van der Waals surface area contributed by atoms with Crippen molar-refractivity contribution in [1.29, 1.82) is 5.26 Å². The van der Waals surface area contributed by atoms with Crippen LogP contribution in [0.3, 0.4) is 0 Å². The van der Waals surface area contributed by atoms with Crippen LogP contribution in [0.5, 0.6) is 0 Å². The fraction of sp³-hybridized carbons (Fsp3) is 0.692. The third-order valence-electron chi connectivity index (χ3n) is 3.34. The van der Waals surface area contributed by atoms with Gasteiger partial charge in [-0.1, -0.05) is 5.16 Å². The van der Waals surface area contributed by atoms with E-state index in [1.165, 1.54) is 4.90 Å². The second kappa shape index (κ2) is 7.71. The summed E-state index contributed by atoms with van der Waals surface area (Å²) in [5.74, 6) is 0.144. The van der Waals surface area contributed by atoms with Crippen molar-refractivity contribution in [3.05, 3.63) is 11.7 Å². The molecule has 0 radical (unpaired) electrons. The minimum absolute atomic E-state index is 0.0329. The van der Waals surface area contributed by atoms with E-state index in [-0.39, 0.29) is 24.2 Å². The monoisotopic (exact) mass is 293 g/mol. The summed E-state index contributed by atoms with van der Waals surface area (Å²) in [7, 11) is 1.56. The van der Waals surface area contributed by atoms with Crippen LogP contribution in [0, 0.1) is 11.3 Å². The molecule has 1 aromatic heterocycles. The number of carbonyl (C=O) groups is 1. The molecule has 0 aliphatic carbocycles. The van der Waals surface area contributed by atoms with Gasteiger partial charge in [-0.3, -0.25) is 4.79 Å². The first-order valence-electron chi connectivity index (χ1n) is 6.98. The average Bonchev–Trinajstić information content (AvgIpc) is 3.17. The molecule has 2 heterocycles. The second-order valence-electron chi connectivity index (χ2n) is 4.80. The lowest BCUT2D eigenvalue weighted by molar-refractivity contribution is 0.0684. The van der Waals surface area contributed by atoms with Gasteiger partial charge in [0.15, 0.2) is 0 Å². The van der Waals surface area contributed by atoms with Crippen LogP contribution in [0.2, 0.25) is 0 Å². The van der Waals surface area contributed by atoms with E-state index in [4.69, 9.17) is 14.5 Å². The zero-order valence-electron chi connectivity index (χ0n) is 12.0. The maximum absolute atomic E-state index is 12.3. The standard InChI is InChI=1S/C13H19N5O3/c1-20-9-8-18(7-3-5-14)13(19)11-16-12(21-17-11)10-4-2-6-15-10/h10,15H,2-4,6-9H2,1H3. The van der Waals surface area contributed by atoms with Crippen LogP contribution in [0.25, 0.3) is 0 Å². The summed E-state index contributed by atoms with van der Waals surface area (Å²) in [5.41, 5.74) is 0. The predicted octanol–water partition coefficient (Wildman–Crippen LogP) is 0.496. The van der Waals surface area contributed by atoms with Crippen LogP contribution in [0.15, 0.2) is 4.52 Å². The number of hydrogen-bond donors (Lipinski definition) is 1. The van der Waals surface area contributed by atoms with Crippen LogP contribution in [0.4, 0.5) is 0 Å². The first kappa shape index (κ1) is 15.4. The Bertz CT molecular complexity index is 504. The normalized spacial score (nSPS) is 17.6. The predicted molar refractivity (Wildman–Crippen MR) is 72.3 cm³/mol. The topological polar surface area (TPSA) is 104 Å². The number of carbonyl (C=O) groups excluding carboxylic acids is 1. The molecule has 114 valence electrons. The number of rotatable bonds is 7. The molecule has 8 nitrogen and oxygen atoms in total. The van der Waals surface area contributed by atoms with Crippen molar-refractivity contribution in [3.8, 4) is 6.07 Å². The van der Waals surface area contributed by atoms with E-state index < -0.39 is 0 Å². The fourth-order valence-corrected chi connectivity index (χ4v) is 2.20. The Morgan fingerprint density at radius 1 is 1.62 bits per heavy atom. The lowest BCUT2D eigenvalue weighted by atomic mass is 10.2. The molecular formula is C13H19N5O3. The van der Waals surface area contributed by atoms with E-state index in [0.717, 1.165) is 19.4 Å². The number of nitrogens with one attached hydrogen (secondary N) is 1. The molecule has 1 fully saturated rings. The highest BCUT2D eigenvalue weighted by molar-refractivity contribution is 5.90. The van der Waals surface area contributed by atoms with Crippen molar-refractivity contribution in [3.63, 3.8) is 0 Å². The molecule has 2 rings (SSSR count). The molecule has 0 aromatic carbocycles. The van der Waals surface area contributed by atoms with Gasteiger partial charge in [0, 0.05) is 20.2 Å². The summed E-state index contributed by atoms with van der Waals surface area (Å²) < 4.78 is 10.1. The first-order valence-corrected chi connectivity index (χ1v) is 6.98. The lowest BCUT2D eigenvalue weighted by Gasteiger charge is -2.19. The first-order chi connectivity index (χ1) is 10.3. The Balaban J connectivity index is 2.03. The van der Waals surface area contributed by atoms with Gasteiger partial charge < -0.3 is 19.5 Å². The van der Waals surface area contributed by atoms with Crippen molar-refractivity contribution in [2.24, 2.45) is 0 Å². The minimum Gasteiger partial charge on any atom is -0.383 e. The summed E-state index contributed by atoms with van der Waals surface area (Å²) in [6.07, 6.45) is 2.24. The van der Waals surface area contributed by atoms with E-state index in [9.17, 15) is 4.79 Å². The lowest BCUT2D eigenvalue weighted by Crippen LogP contribution is -2.35. The van der Waals surface area contributed by atoms with Gasteiger partial charge in [0.25, 0.3) is 11.7 Å². The van der Waals surface area contributed by atoms with Gasteiger partial charge in [0.1, 0.15) is 0 Å². The molecule has 1 aliphatic heterocycles. The van der Waals surface area contributed by atoms with E-state index in [1.54, 1.807) is 7.11 Å². The van der Waals surface area contributed by atoms with Crippen LogP contribution in [0.1, 0.15) is 41.8 Å². The summed E-state index contributed by atoms with van der Waals surface area (Å²) in [5, 5.41) is 15.7. The molecule has 1 aliphatic rings. The molecule has 1 amide bonds. The molecule has 1 N–H and O–H groups in total. The van der Waals surface area contributed by atoms with Gasteiger partial charge in [0.05, 0.1) is 25.1 Å². The largest absolute Gasteiger partial charge is 0.383 e. The zero-order chi connectivity index (χ0) is 15.1. The Hall–Kier alpha value is -1.98. The van der Waals surface area contributed by atoms with Crippen LogP contribution in [-0.2, 0) is 4.74 Å². The van der Waals surface area contributed by atoms with Crippen molar-refractivity contribution in [1.82, 2.24) is 20.4 Å². The summed E-state index contributed by atoms with van der Waals surface area (Å²) >= 11 is 0. The SMILES string of the molecule is COCCN(CCC#N)C(=O)c1noc(C2CCCN2)n1. The van der Waals surface area contributed by atoms with Gasteiger partial charge in [-0.15, -0.1) is 0 Å². The Labute approximate surface area is 123 Å². The molecule has 1 aromatic rings. The highest BCUT2D eigenvalue weighted by Crippen LogP contribution is 2.21. The van der Waals surface area contributed by atoms with Crippen molar-refractivity contribution in [2.75, 3.05) is 33.4 Å². The Kier molecular flexibility index (Phi) is 5.66. The number of amides is 1. The average molecular weight is 293 g/mol. The van der Waals surface area contributed by atoms with Crippen molar-refractivity contribution < 1.29 is 14.1 Å². The molecule has 21 heavy (non-hydrogen) atoms. The van der Waals surface area contributed by atoms with Gasteiger partial charge >= 0.3 is 0 Å². The van der Waals surface area contributed by atoms with Crippen LogP contribution in [-0.4, -0.2) is 54.3 Å². The van der Waals surface area contributed by atoms with Crippen LogP contribution >= 0.6 is 0 Å². The number of methoxy groups -OCH3 is 1. The third-order valence-corrected chi connectivity index (χ3v) is 3.34. The molecule has 0 bridgehead atoms. The van der Waals surface area contributed by atoms with Gasteiger partial charge in [-0.05, 0) is 19.4 Å². The second-order valence-corrected chi connectivity index (χ2v) is 4.80. The number of ether oxygens (including phenoxy) is 1. The summed E-state index contributed by atoms with van der Waals surface area (Å²) in [6, 6.07) is 2.05. The molecular weight excluding hydrogens is 274 g/mol. The van der Waals surface area contributed by atoms with Gasteiger partial charge in [-0.25, -0.2) is 0 Å². The van der Waals surface area contributed by atoms with E-state index in [2.05, 4.69) is 15.5 Å². The number of nitrogens with zero attached hydrogens (tertiary/aromatic N) is 4. The highest BCUT2D eigenvalue weighted by atomic mass is 16.5. The highest BCUT2D eigenvalue weighted by Gasteiger charge is 2.26. The van der Waals surface area contributed by atoms with E-state index >= 15 is 0 Å². The minimum atomic E-state index is -0.338. The molecule has 8 heteroatoms. The quantitative estimate of drug-likeness (QED) is 0.780. The fourth-order valence-electron chi connectivity index (χ4n) is 2.20. The molecule has 1 saturated heterocycles. The van der Waals surface area contributed by atoms with E-state index in [1.807, 2.05) is 6.07 Å². The number of hydrogen-bond acceptors (Lipinski definition) is 7. The van der Waals surface area contributed by atoms with Gasteiger partial charge in [-0.2, -0.15) is 10.2 Å². The van der Waals surface area contributed by atoms with E-state index in [0.29, 0.717) is 25.6 Å². The number of nitriles is 1. The molecule has 0 spiro atoms. The molecule has 0 saturated carbocycles. The van der Waals surface area contributed by atoms with Crippen molar-refractivity contribution >= 4 is 5.91 Å². The maximum Gasteiger partial charge on any atom is 0.295 e. The van der Waals surface area contributed by atoms with Crippen molar-refractivity contribution in [2.45, 2.75) is 25.3 Å². The number of aromatic nitrogens is 2. The Morgan fingerprint density at radius 2 is 2.48 bits per heavy atom. The summed E-state index contributed by atoms with van der Waals surface area (Å²) in [4.78, 5) is 18.0. The van der Waals surface area contributed by atoms with Crippen LogP contribution < -0.4 is 5.32 Å². The third kappa shape index (κ3) is 4.00. The summed E-state index contributed by atoms with van der Waals surface area (Å²) in [6.45, 7) is 2.03. The smallest absolute Gasteiger partial charge is 0.295 e. The van der Waals surface area contributed by atoms with Gasteiger partial charge in [0.2, 0.25) is 5.89 Å². The molecule has 1 atom stereocenters.